The number of pyridine rings is 1. The molecular formula is C13H22N2O. The maximum absolute atomic E-state index is 5.47. The lowest BCUT2D eigenvalue weighted by Crippen LogP contribution is -2.07. The van der Waals surface area contributed by atoms with Crippen molar-refractivity contribution in [2.45, 2.75) is 39.7 Å². The predicted molar refractivity (Wildman–Crippen MR) is 67.8 cm³/mol. The number of unbranched alkanes of at least 4 members (excludes halogenated alkanes) is 1. The second kappa shape index (κ2) is 7.23. The first kappa shape index (κ1) is 13.0. The topological polar surface area (TPSA) is 34.1 Å². The van der Waals surface area contributed by atoms with Crippen LogP contribution in [0, 0.1) is 6.92 Å². The van der Waals surface area contributed by atoms with Crippen LogP contribution in [0.5, 0.6) is 0 Å². The summed E-state index contributed by atoms with van der Waals surface area (Å²) in [6.45, 7) is 7.93. The Kier molecular flexibility index (Phi) is 5.86. The lowest BCUT2D eigenvalue weighted by Gasteiger charge is -2.08. The van der Waals surface area contributed by atoms with E-state index < -0.39 is 0 Å². The number of nitrogens with one attached hydrogen (secondary N) is 1. The standard InChI is InChI=1S/C13H22N2O/c1-11(2)16-10-5-4-9-14-13-8-6-7-12(3)15-13/h6-8,11H,4-5,9-10H2,1-3H3,(H,14,15). The third-order valence-electron chi connectivity index (χ3n) is 2.22. The summed E-state index contributed by atoms with van der Waals surface area (Å²) >= 11 is 0. The van der Waals surface area contributed by atoms with E-state index in [0.717, 1.165) is 37.5 Å². The van der Waals surface area contributed by atoms with Gasteiger partial charge in [-0.15, -0.1) is 0 Å². The first-order valence-electron chi connectivity index (χ1n) is 5.97. The van der Waals surface area contributed by atoms with Gasteiger partial charge >= 0.3 is 0 Å². The number of ether oxygens (including phenoxy) is 1. The number of hydrogen-bond acceptors (Lipinski definition) is 3. The second-order valence-electron chi connectivity index (χ2n) is 4.22. The molecule has 0 spiro atoms. The summed E-state index contributed by atoms with van der Waals surface area (Å²) in [7, 11) is 0. The predicted octanol–water partition coefficient (Wildman–Crippen LogP) is 3.01. The van der Waals surface area contributed by atoms with Crippen molar-refractivity contribution in [3.63, 3.8) is 0 Å². The van der Waals surface area contributed by atoms with Crippen LogP contribution in [0.3, 0.4) is 0 Å². The smallest absolute Gasteiger partial charge is 0.126 e. The average Bonchev–Trinajstić information content (AvgIpc) is 2.23. The fourth-order valence-electron chi connectivity index (χ4n) is 1.40. The van der Waals surface area contributed by atoms with Crippen molar-refractivity contribution in [1.82, 2.24) is 4.98 Å². The van der Waals surface area contributed by atoms with E-state index in [1.54, 1.807) is 0 Å². The summed E-state index contributed by atoms with van der Waals surface area (Å²) < 4.78 is 5.47. The Bertz CT molecular complexity index is 300. The van der Waals surface area contributed by atoms with Gasteiger partial charge in [0.05, 0.1) is 6.10 Å². The van der Waals surface area contributed by atoms with Gasteiger partial charge in [-0.1, -0.05) is 6.07 Å². The molecule has 1 aromatic heterocycles. The van der Waals surface area contributed by atoms with Crippen molar-refractivity contribution in [2.24, 2.45) is 0 Å². The van der Waals surface area contributed by atoms with Gasteiger partial charge in [0, 0.05) is 18.8 Å². The maximum Gasteiger partial charge on any atom is 0.126 e. The fraction of sp³-hybridized carbons (Fsp3) is 0.615. The molecule has 1 aromatic rings. The Balaban J connectivity index is 2.07. The van der Waals surface area contributed by atoms with Gasteiger partial charge in [0.15, 0.2) is 0 Å². The highest BCUT2D eigenvalue weighted by Crippen LogP contribution is 2.04. The molecule has 0 aliphatic rings. The Labute approximate surface area is 98.2 Å². The number of hydrogen-bond donors (Lipinski definition) is 1. The van der Waals surface area contributed by atoms with Crippen LogP contribution in [0.4, 0.5) is 5.82 Å². The van der Waals surface area contributed by atoms with Gasteiger partial charge in [0.1, 0.15) is 5.82 Å². The third kappa shape index (κ3) is 5.71. The maximum atomic E-state index is 5.47. The van der Waals surface area contributed by atoms with Crippen LogP contribution >= 0.6 is 0 Å². The molecule has 0 saturated heterocycles. The summed E-state index contributed by atoms with van der Waals surface area (Å²) in [5.41, 5.74) is 1.05. The van der Waals surface area contributed by atoms with Crippen molar-refractivity contribution >= 4 is 5.82 Å². The monoisotopic (exact) mass is 222 g/mol. The van der Waals surface area contributed by atoms with E-state index in [1.807, 2.05) is 25.1 Å². The Morgan fingerprint density at radius 3 is 2.81 bits per heavy atom. The first-order valence-corrected chi connectivity index (χ1v) is 5.97. The molecule has 1 heterocycles. The Hall–Kier alpha value is -1.09. The van der Waals surface area contributed by atoms with Crippen LogP contribution in [0.2, 0.25) is 0 Å². The quantitative estimate of drug-likeness (QED) is 0.720. The zero-order valence-corrected chi connectivity index (χ0v) is 10.5. The minimum Gasteiger partial charge on any atom is -0.379 e. The van der Waals surface area contributed by atoms with Gasteiger partial charge in [-0.2, -0.15) is 0 Å². The van der Waals surface area contributed by atoms with Crippen molar-refractivity contribution < 1.29 is 4.74 Å². The van der Waals surface area contributed by atoms with Crippen molar-refractivity contribution in [2.75, 3.05) is 18.5 Å². The van der Waals surface area contributed by atoms with Gasteiger partial charge in [-0.25, -0.2) is 4.98 Å². The first-order chi connectivity index (χ1) is 7.68. The molecule has 1 rings (SSSR count). The van der Waals surface area contributed by atoms with E-state index in [2.05, 4.69) is 24.1 Å². The van der Waals surface area contributed by atoms with E-state index in [-0.39, 0.29) is 0 Å². The zero-order chi connectivity index (χ0) is 11.8. The largest absolute Gasteiger partial charge is 0.379 e. The van der Waals surface area contributed by atoms with Crippen LogP contribution in [-0.4, -0.2) is 24.2 Å². The van der Waals surface area contributed by atoms with Crippen LogP contribution < -0.4 is 5.32 Å². The molecule has 90 valence electrons. The van der Waals surface area contributed by atoms with Gasteiger partial charge < -0.3 is 10.1 Å². The number of aryl methyl sites for hydroxylation is 1. The van der Waals surface area contributed by atoms with Gasteiger partial charge in [0.2, 0.25) is 0 Å². The highest BCUT2D eigenvalue weighted by Gasteiger charge is 1.95. The average molecular weight is 222 g/mol. The lowest BCUT2D eigenvalue weighted by atomic mass is 10.3. The molecule has 1 N–H and O–H groups in total. The van der Waals surface area contributed by atoms with E-state index in [1.165, 1.54) is 0 Å². The number of anilines is 1. The number of aromatic nitrogens is 1. The minimum absolute atomic E-state index is 0.339. The minimum atomic E-state index is 0.339. The van der Waals surface area contributed by atoms with E-state index in [9.17, 15) is 0 Å². The summed E-state index contributed by atoms with van der Waals surface area (Å²) in [5.74, 6) is 0.963. The Morgan fingerprint density at radius 1 is 1.31 bits per heavy atom. The van der Waals surface area contributed by atoms with E-state index in [0.29, 0.717) is 6.10 Å². The van der Waals surface area contributed by atoms with Crippen LogP contribution in [0.25, 0.3) is 0 Å². The molecule has 0 saturated carbocycles. The molecule has 16 heavy (non-hydrogen) atoms. The fourth-order valence-corrected chi connectivity index (χ4v) is 1.40. The molecule has 3 nitrogen and oxygen atoms in total. The summed E-state index contributed by atoms with van der Waals surface area (Å²) in [5, 5.41) is 3.31. The third-order valence-corrected chi connectivity index (χ3v) is 2.22. The van der Waals surface area contributed by atoms with Gasteiger partial charge in [-0.05, 0) is 45.7 Å². The molecule has 3 heteroatoms. The molecule has 0 unspecified atom stereocenters. The van der Waals surface area contributed by atoms with Gasteiger partial charge in [-0.3, -0.25) is 0 Å². The summed E-state index contributed by atoms with van der Waals surface area (Å²) in [6, 6.07) is 6.02. The van der Waals surface area contributed by atoms with Gasteiger partial charge in [0.25, 0.3) is 0 Å². The van der Waals surface area contributed by atoms with E-state index in [4.69, 9.17) is 4.74 Å². The highest BCUT2D eigenvalue weighted by molar-refractivity contribution is 5.34. The molecule has 0 radical (unpaired) electrons. The lowest BCUT2D eigenvalue weighted by molar-refractivity contribution is 0.0765. The summed E-state index contributed by atoms with van der Waals surface area (Å²) in [4.78, 5) is 4.38. The molecule has 0 aliphatic carbocycles. The molecule has 0 atom stereocenters. The molecule has 0 aromatic carbocycles. The van der Waals surface area contributed by atoms with Crippen LogP contribution in [0.15, 0.2) is 18.2 Å². The van der Waals surface area contributed by atoms with Crippen molar-refractivity contribution in [1.29, 1.82) is 0 Å². The summed E-state index contributed by atoms with van der Waals surface area (Å²) in [6.07, 6.45) is 2.55. The molecule has 0 amide bonds. The van der Waals surface area contributed by atoms with Crippen LogP contribution in [-0.2, 0) is 4.74 Å². The normalized spacial score (nSPS) is 10.8. The molecule has 0 bridgehead atoms. The molecule has 0 fully saturated rings. The highest BCUT2D eigenvalue weighted by atomic mass is 16.5. The van der Waals surface area contributed by atoms with Crippen molar-refractivity contribution in [3.8, 4) is 0 Å². The van der Waals surface area contributed by atoms with Crippen LogP contribution in [0.1, 0.15) is 32.4 Å². The zero-order valence-electron chi connectivity index (χ0n) is 10.5. The number of rotatable bonds is 7. The van der Waals surface area contributed by atoms with Crippen molar-refractivity contribution in [3.05, 3.63) is 23.9 Å². The van der Waals surface area contributed by atoms with E-state index >= 15 is 0 Å². The molecular weight excluding hydrogens is 200 g/mol. The second-order valence-corrected chi connectivity index (χ2v) is 4.22. The molecule has 0 aliphatic heterocycles. The number of nitrogens with zero attached hydrogens (tertiary/aromatic N) is 1. The Morgan fingerprint density at radius 2 is 2.12 bits per heavy atom. The SMILES string of the molecule is Cc1cccc(NCCCCOC(C)C)n1.